The van der Waals surface area contributed by atoms with Crippen LogP contribution in [0.15, 0.2) is 39.7 Å². The number of nitrogens with zero attached hydrogens (tertiary/aromatic N) is 1. The molecule has 96 valence electrons. The third kappa shape index (κ3) is 2.94. The van der Waals surface area contributed by atoms with E-state index in [4.69, 9.17) is 4.52 Å². The van der Waals surface area contributed by atoms with Crippen molar-refractivity contribution in [3.05, 3.63) is 45.3 Å². The predicted octanol–water partition coefficient (Wildman–Crippen LogP) is 2.84. The average Bonchev–Trinajstić information content (AvgIpc) is 2.60. The summed E-state index contributed by atoms with van der Waals surface area (Å²) in [6.45, 7) is 2.92. The highest BCUT2D eigenvalue weighted by molar-refractivity contribution is 9.10. The molecule has 0 aliphatic rings. The number of nitrogens with one attached hydrogen (secondary N) is 1. The van der Waals surface area contributed by atoms with Crippen molar-refractivity contribution >= 4 is 23.3 Å². The van der Waals surface area contributed by atoms with Gasteiger partial charge in [0.1, 0.15) is 0 Å². The quantitative estimate of drug-likeness (QED) is 0.880. The van der Waals surface area contributed by atoms with Gasteiger partial charge in [0.05, 0.1) is 11.9 Å². The number of benzene rings is 1. The fourth-order valence-electron chi connectivity index (χ4n) is 1.44. The zero-order valence-electron chi connectivity index (χ0n) is 9.88. The number of aromatic nitrogens is 2. The Morgan fingerprint density at radius 3 is 2.44 bits per heavy atom. The number of hydrogen-bond donors (Lipinski definition) is 1. The number of hydrogen-bond acceptors (Lipinski definition) is 3. The predicted molar refractivity (Wildman–Crippen MR) is 74.2 cm³/mol. The Morgan fingerprint density at radius 2 is 1.89 bits per heavy atom. The first-order chi connectivity index (χ1) is 8.37. The third-order valence-electron chi connectivity index (χ3n) is 2.14. The Kier molecular flexibility index (Phi) is 3.50. The summed E-state index contributed by atoms with van der Waals surface area (Å²) in [5.41, 5.74) is 0.321. The summed E-state index contributed by atoms with van der Waals surface area (Å²) in [5, 5.41) is 2.78. The van der Waals surface area contributed by atoms with Crippen LogP contribution in [0.2, 0.25) is 0 Å². The molecule has 1 N–H and O–H groups in total. The van der Waals surface area contributed by atoms with Crippen molar-refractivity contribution in [3.63, 3.8) is 0 Å². The molecule has 0 saturated heterocycles. The van der Waals surface area contributed by atoms with Gasteiger partial charge >= 0.3 is 5.56 Å². The van der Waals surface area contributed by atoms with Crippen molar-refractivity contribution in [3.8, 4) is 11.4 Å². The van der Waals surface area contributed by atoms with Crippen molar-refractivity contribution < 1.29 is 9.09 Å². The molecule has 0 aliphatic heterocycles. The lowest BCUT2D eigenvalue weighted by Crippen LogP contribution is -2.15. The highest BCUT2D eigenvalue weighted by atomic mass is 79.9. The molecule has 2 aromatic rings. The summed E-state index contributed by atoms with van der Waals surface area (Å²) in [5.74, 6) is 0.0613. The molecule has 7 heteroatoms. The highest BCUT2D eigenvalue weighted by Gasteiger charge is 2.15. The second-order valence-corrected chi connectivity index (χ2v) is 7.70. The molecule has 0 fully saturated rings. The lowest BCUT2D eigenvalue weighted by molar-refractivity contribution is 0.491. The maximum absolute atomic E-state index is 12.0. The van der Waals surface area contributed by atoms with Crippen LogP contribution in [-0.4, -0.2) is 23.1 Å². The van der Waals surface area contributed by atoms with E-state index >= 15 is 0 Å². The maximum atomic E-state index is 12.0. The number of rotatable bonds is 3. The van der Waals surface area contributed by atoms with E-state index in [0.29, 0.717) is 5.69 Å². The van der Waals surface area contributed by atoms with E-state index in [1.54, 1.807) is 12.1 Å². The van der Waals surface area contributed by atoms with Gasteiger partial charge in [-0.25, -0.2) is 4.68 Å². The summed E-state index contributed by atoms with van der Waals surface area (Å²) in [4.78, 5) is 12.0. The topological polar surface area (TPSA) is 64.1 Å². The SMILES string of the molecule is CP(C)(=O)Oc1c[nH]n(-c2ccc(Br)cc2)c1=O. The van der Waals surface area contributed by atoms with Crippen LogP contribution in [0.4, 0.5) is 0 Å². The number of H-pyrrole nitrogens is 1. The monoisotopic (exact) mass is 330 g/mol. The normalized spacial score (nSPS) is 11.5. The Morgan fingerprint density at radius 1 is 1.28 bits per heavy atom. The molecular weight excluding hydrogens is 319 g/mol. The van der Waals surface area contributed by atoms with Crippen LogP contribution in [0, 0.1) is 0 Å². The first-order valence-electron chi connectivity index (χ1n) is 5.18. The van der Waals surface area contributed by atoms with Crippen molar-refractivity contribution in [2.75, 3.05) is 13.3 Å². The summed E-state index contributed by atoms with van der Waals surface area (Å²) < 4.78 is 18.9. The van der Waals surface area contributed by atoms with Gasteiger partial charge in [0, 0.05) is 17.8 Å². The van der Waals surface area contributed by atoms with Crippen LogP contribution < -0.4 is 10.1 Å². The molecule has 1 aromatic heterocycles. The van der Waals surface area contributed by atoms with Gasteiger partial charge in [0.25, 0.3) is 0 Å². The van der Waals surface area contributed by atoms with Crippen LogP contribution in [-0.2, 0) is 4.57 Å². The van der Waals surface area contributed by atoms with E-state index in [1.807, 2.05) is 12.1 Å². The lowest BCUT2D eigenvalue weighted by Gasteiger charge is -2.06. The van der Waals surface area contributed by atoms with Crippen molar-refractivity contribution in [2.24, 2.45) is 0 Å². The largest absolute Gasteiger partial charge is 0.436 e. The molecule has 0 bridgehead atoms. The van der Waals surface area contributed by atoms with Gasteiger partial charge in [-0.15, -0.1) is 0 Å². The minimum Gasteiger partial charge on any atom is -0.436 e. The molecule has 0 radical (unpaired) electrons. The van der Waals surface area contributed by atoms with E-state index < -0.39 is 7.37 Å². The van der Waals surface area contributed by atoms with Crippen LogP contribution in [0.5, 0.6) is 5.75 Å². The molecule has 2 rings (SSSR count). The standard InChI is InChI=1S/C11H12BrN2O3P/c1-18(2,16)17-10-7-13-14(11(10)15)9-5-3-8(12)4-6-9/h3-7,13H,1-2H3. The van der Waals surface area contributed by atoms with Gasteiger partial charge in [-0.2, -0.15) is 0 Å². The molecule has 1 aromatic carbocycles. The van der Waals surface area contributed by atoms with Gasteiger partial charge in [-0.1, -0.05) is 15.9 Å². The first kappa shape index (κ1) is 13.2. The zero-order valence-corrected chi connectivity index (χ0v) is 12.4. The van der Waals surface area contributed by atoms with E-state index in [2.05, 4.69) is 21.0 Å². The Balaban J connectivity index is 2.40. The van der Waals surface area contributed by atoms with E-state index in [9.17, 15) is 9.36 Å². The van der Waals surface area contributed by atoms with Gasteiger partial charge in [-0.05, 0) is 24.3 Å². The fourth-order valence-corrected chi connectivity index (χ4v) is 2.31. The average molecular weight is 331 g/mol. The minimum absolute atomic E-state index is 0.0613. The molecule has 0 aliphatic carbocycles. The van der Waals surface area contributed by atoms with Crippen LogP contribution >= 0.6 is 23.3 Å². The highest BCUT2D eigenvalue weighted by Crippen LogP contribution is 2.37. The number of halogens is 1. The molecular formula is C11H12BrN2O3P. The van der Waals surface area contributed by atoms with Gasteiger partial charge in [-0.3, -0.25) is 14.5 Å². The summed E-state index contributed by atoms with van der Waals surface area (Å²) in [6.07, 6.45) is 1.41. The summed E-state index contributed by atoms with van der Waals surface area (Å²) in [6, 6.07) is 7.22. The van der Waals surface area contributed by atoms with Crippen molar-refractivity contribution in [1.29, 1.82) is 0 Å². The second-order valence-electron chi connectivity index (χ2n) is 4.10. The summed E-state index contributed by atoms with van der Waals surface area (Å²) in [7, 11) is -2.74. The molecule has 0 amide bonds. The van der Waals surface area contributed by atoms with Gasteiger partial charge < -0.3 is 4.52 Å². The van der Waals surface area contributed by atoms with E-state index in [1.165, 1.54) is 24.2 Å². The smallest absolute Gasteiger partial charge is 0.314 e. The van der Waals surface area contributed by atoms with Crippen molar-refractivity contribution in [1.82, 2.24) is 9.78 Å². The van der Waals surface area contributed by atoms with E-state index in [0.717, 1.165) is 4.47 Å². The molecule has 0 spiro atoms. The van der Waals surface area contributed by atoms with Gasteiger partial charge in [0.15, 0.2) is 0 Å². The fraction of sp³-hybridized carbons (Fsp3) is 0.182. The molecule has 0 unspecified atom stereocenters. The molecule has 1 heterocycles. The summed E-state index contributed by atoms with van der Waals surface area (Å²) >= 11 is 3.32. The van der Waals surface area contributed by atoms with Crippen LogP contribution in [0.25, 0.3) is 5.69 Å². The molecule has 18 heavy (non-hydrogen) atoms. The number of aromatic amines is 1. The Hall–Kier alpha value is -1.26. The Labute approximate surface area is 112 Å². The zero-order chi connectivity index (χ0) is 13.3. The van der Waals surface area contributed by atoms with E-state index in [-0.39, 0.29) is 11.3 Å². The molecule has 5 nitrogen and oxygen atoms in total. The maximum Gasteiger partial charge on any atom is 0.314 e. The second kappa shape index (κ2) is 4.78. The van der Waals surface area contributed by atoms with Crippen LogP contribution in [0.3, 0.4) is 0 Å². The van der Waals surface area contributed by atoms with Gasteiger partial charge in [0.2, 0.25) is 13.1 Å². The van der Waals surface area contributed by atoms with Crippen molar-refractivity contribution in [2.45, 2.75) is 0 Å². The lowest BCUT2D eigenvalue weighted by atomic mass is 10.3. The first-order valence-corrected chi connectivity index (χ1v) is 8.49. The molecule has 0 atom stereocenters. The van der Waals surface area contributed by atoms with Crippen LogP contribution in [0.1, 0.15) is 0 Å². The Bertz CT molecular complexity index is 654. The third-order valence-corrected chi connectivity index (χ3v) is 3.31. The minimum atomic E-state index is -2.74. The molecule has 0 saturated carbocycles.